The molecule has 1 fully saturated rings. The third kappa shape index (κ3) is 3.07. The molecule has 3 aromatic rings. The fourth-order valence-electron chi connectivity index (χ4n) is 3.92. The molecule has 3 aromatic heterocycles. The van der Waals surface area contributed by atoms with E-state index in [-0.39, 0.29) is 21.9 Å². The molecule has 0 bridgehead atoms. The molecular weight excluding hydrogens is 456 g/mol. The number of carbonyl (C=O) groups excluding carboxylic acids is 2. The Balaban J connectivity index is 1.68. The summed E-state index contributed by atoms with van der Waals surface area (Å²) in [6.07, 6.45) is 2.97. The summed E-state index contributed by atoms with van der Waals surface area (Å²) in [4.78, 5) is 36.4. The standard InChI is InChI=1S/C20H17ClN6O4S/c1-27-15-11(20(4-5-20)17(27)29)6-10(9-7-13(21)22-8-12(9)30-2)14(23-15)16(28)24-18-25-26-19(31-3)32-18/h6-8H,4-5H2,1-3H3,(H,24,25,28). The summed E-state index contributed by atoms with van der Waals surface area (Å²) in [6, 6.07) is 3.44. The Labute approximate surface area is 191 Å². The Morgan fingerprint density at radius 1 is 1.22 bits per heavy atom. The molecule has 4 heterocycles. The van der Waals surface area contributed by atoms with Crippen LogP contribution in [0.4, 0.5) is 10.9 Å². The SMILES string of the molecule is COc1nnc(NC(=O)c2nc3c(cc2-c2cc(Cl)ncc2OC)C2(CC2)C(=O)N3C)s1. The molecule has 10 nitrogen and oxygen atoms in total. The number of nitrogens with zero attached hydrogens (tertiary/aromatic N) is 5. The number of carbonyl (C=O) groups is 2. The minimum atomic E-state index is -0.572. The molecule has 0 unspecified atom stereocenters. The maximum absolute atomic E-state index is 13.3. The number of hydrogen-bond acceptors (Lipinski definition) is 9. The minimum absolute atomic E-state index is 0.0166. The Morgan fingerprint density at radius 2 is 2.00 bits per heavy atom. The van der Waals surface area contributed by atoms with Gasteiger partial charge in [-0.2, -0.15) is 0 Å². The summed E-state index contributed by atoms with van der Waals surface area (Å²) in [5.74, 6) is 0.354. The number of likely N-dealkylation sites (N-methyl/N-ethyl adjacent to an activating group) is 1. The van der Waals surface area contributed by atoms with Gasteiger partial charge in [-0.05, 0) is 36.3 Å². The van der Waals surface area contributed by atoms with Crippen molar-refractivity contribution in [2.75, 3.05) is 31.5 Å². The first-order chi connectivity index (χ1) is 15.4. The highest BCUT2D eigenvalue weighted by Gasteiger charge is 2.59. The van der Waals surface area contributed by atoms with Crippen molar-refractivity contribution in [3.05, 3.63) is 34.7 Å². The Kier molecular flexibility index (Phi) is 4.75. The number of aromatic nitrogens is 4. The van der Waals surface area contributed by atoms with Gasteiger partial charge in [0.2, 0.25) is 11.0 Å². The van der Waals surface area contributed by atoms with Gasteiger partial charge < -0.3 is 9.47 Å². The number of rotatable bonds is 5. The smallest absolute Gasteiger partial charge is 0.295 e. The lowest BCUT2D eigenvalue weighted by Gasteiger charge is -2.16. The molecule has 0 saturated heterocycles. The Bertz CT molecular complexity index is 1270. The molecule has 2 amide bonds. The molecule has 1 spiro atoms. The highest BCUT2D eigenvalue weighted by Crippen LogP contribution is 2.57. The first-order valence-electron chi connectivity index (χ1n) is 9.60. The summed E-state index contributed by atoms with van der Waals surface area (Å²) in [6.45, 7) is 0. The molecule has 1 aliphatic carbocycles. The summed E-state index contributed by atoms with van der Waals surface area (Å²) in [5.41, 5.74) is 1.34. The summed E-state index contributed by atoms with van der Waals surface area (Å²) < 4.78 is 10.5. The van der Waals surface area contributed by atoms with Gasteiger partial charge in [0, 0.05) is 23.7 Å². The van der Waals surface area contributed by atoms with Crippen molar-refractivity contribution in [1.82, 2.24) is 20.2 Å². The molecule has 1 aliphatic heterocycles. The van der Waals surface area contributed by atoms with E-state index in [0.717, 1.165) is 29.7 Å². The second kappa shape index (κ2) is 7.38. The lowest BCUT2D eigenvalue weighted by Crippen LogP contribution is -2.28. The summed E-state index contributed by atoms with van der Waals surface area (Å²) in [7, 11) is 4.64. The van der Waals surface area contributed by atoms with E-state index in [9.17, 15) is 9.59 Å². The van der Waals surface area contributed by atoms with Crippen molar-refractivity contribution in [3.63, 3.8) is 0 Å². The molecule has 1 saturated carbocycles. The monoisotopic (exact) mass is 472 g/mol. The quantitative estimate of drug-likeness (QED) is 0.563. The van der Waals surface area contributed by atoms with Crippen molar-refractivity contribution < 1.29 is 19.1 Å². The van der Waals surface area contributed by atoms with Crippen molar-refractivity contribution >= 4 is 45.7 Å². The highest BCUT2D eigenvalue weighted by atomic mass is 35.5. The van der Waals surface area contributed by atoms with E-state index in [1.165, 1.54) is 25.3 Å². The zero-order valence-corrected chi connectivity index (χ0v) is 18.9. The van der Waals surface area contributed by atoms with Crippen molar-refractivity contribution in [1.29, 1.82) is 0 Å². The van der Waals surface area contributed by atoms with E-state index in [4.69, 9.17) is 21.1 Å². The lowest BCUT2D eigenvalue weighted by atomic mass is 9.94. The van der Waals surface area contributed by atoms with Gasteiger partial charge in [0.05, 0.1) is 25.8 Å². The van der Waals surface area contributed by atoms with Gasteiger partial charge in [-0.25, -0.2) is 9.97 Å². The predicted octanol–water partition coefficient (Wildman–Crippen LogP) is 2.93. The first-order valence-corrected chi connectivity index (χ1v) is 10.8. The third-order valence-corrected chi connectivity index (χ3v) is 6.67. The fourth-order valence-corrected chi connectivity index (χ4v) is 4.63. The van der Waals surface area contributed by atoms with Gasteiger partial charge in [-0.15, -0.1) is 5.10 Å². The van der Waals surface area contributed by atoms with Crippen LogP contribution in [0.15, 0.2) is 18.3 Å². The van der Waals surface area contributed by atoms with Crippen LogP contribution in [0.3, 0.4) is 0 Å². The molecule has 5 rings (SSSR count). The largest absolute Gasteiger partial charge is 0.494 e. The lowest BCUT2D eigenvalue weighted by molar-refractivity contribution is -0.119. The van der Waals surface area contributed by atoms with Crippen molar-refractivity contribution in [2.24, 2.45) is 0 Å². The van der Waals surface area contributed by atoms with Crippen LogP contribution in [0, 0.1) is 0 Å². The van der Waals surface area contributed by atoms with Crippen LogP contribution in [0.5, 0.6) is 10.9 Å². The van der Waals surface area contributed by atoms with Gasteiger partial charge in [-0.3, -0.25) is 19.8 Å². The van der Waals surface area contributed by atoms with Gasteiger partial charge in [0.15, 0.2) is 0 Å². The Hall–Kier alpha value is -3.31. The minimum Gasteiger partial charge on any atom is -0.494 e. The van der Waals surface area contributed by atoms with E-state index >= 15 is 0 Å². The number of hydrogen-bond donors (Lipinski definition) is 1. The van der Waals surface area contributed by atoms with Crippen LogP contribution in [-0.2, 0) is 10.2 Å². The molecular formula is C20H17ClN6O4S. The number of ether oxygens (including phenoxy) is 2. The Morgan fingerprint density at radius 3 is 2.66 bits per heavy atom. The molecule has 12 heteroatoms. The van der Waals surface area contributed by atoms with E-state index in [0.29, 0.717) is 27.9 Å². The number of pyridine rings is 2. The zero-order chi connectivity index (χ0) is 22.6. The van der Waals surface area contributed by atoms with Crippen LogP contribution in [-0.4, -0.2) is 53.2 Å². The second-order valence-corrected chi connectivity index (χ2v) is 8.77. The van der Waals surface area contributed by atoms with Gasteiger partial charge >= 0.3 is 0 Å². The molecule has 1 N–H and O–H groups in total. The third-order valence-electron chi connectivity index (χ3n) is 5.66. The van der Waals surface area contributed by atoms with Crippen molar-refractivity contribution in [3.8, 4) is 22.1 Å². The molecule has 0 radical (unpaired) electrons. The van der Waals surface area contributed by atoms with E-state index < -0.39 is 11.3 Å². The normalized spacial score (nSPS) is 15.6. The maximum atomic E-state index is 13.3. The van der Waals surface area contributed by atoms with Crippen molar-refractivity contribution in [2.45, 2.75) is 18.3 Å². The average molecular weight is 473 g/mol. The number of anilines is 2. The van der Waals surface area contributed by atoms with E-state index in [1.54, 1.807) is 13.1 Å². The maximum Gasteiger partial charge on any atom is 0.295 e. The summed E-state index contributed by atoms with van der Waals surface area (Å²) in [5, 5.41) is 11.2. The van der Waals surface area contributed by atoms with Gasteiger partial charge in [0.25, 0.3) is 11.1 Å². The van der Waals surface area contributed by atoms with Crippen LogP contribution in [0.25, 0.3) is 11.1 Å². The van der Waals surface area contributed by atoms with Gasteiger partial charge in [0.1, 0.15) is 22.4 Å². The average Bonchev–Trinajstić information content (AvgIpc) is 3.44. The van der Waals surface area contributed by atoms with E-state index in [2.05, 4.69) is 25.5 Å². The number of halogens is 1. The van der Waals surface area contributed by atoms with Crippen LogP contribution in [0.2, 0.25) is 5.15 Å². The fraction of sp³-hybridized carbons (Fsp3) is 0.300. The van der Waals surface area contributed by atoms with Crippen LogP contribution in [0.1, 0.15) is 28.9 Å². The number of amides is 2. The molecule has 164 valence electrons. The predicted molar refractivity (Wildman–Crippen MR) is 118 cm³/mol. The number of fused-ring (bicyclic) bond motifs is 2. The van der Waals surface area contributed by atoms with Crippen LogP contribution >= 0.6 is 22.9 Å². The molecule has 32 heavy (non-hydrogen) atoms. The molecule has 0 atom stereocenters. The van der Waals surface area contributed by atoms with Gasteiger partial charge in [-0.1, -0.05) is 16.7 Å². The second-order valence-electron chi connectivity index (χ2n) is 7.44. The zero-order valence-electron chi connectivity index (χ0n) is 17.3. The molecule has 2 aliphatic rings. The topological polar surface area (TPSA) is 119 Å². The number of nitrogens with one attached hydrogen (secondary N) is 1. The first kappa shape index (κ1) is 20.6. The van der Waals surface area contributed by atoms with Crippen LogP contribution < -0.4 is 19.7 Å². The number of methoxy groups -OCH3 is 2. The molecule has 0 aromatic carbocycles. The highest BCUT2D eigenvalue weighted by molar-refractivity contribution is 7.17. The summed E-state index contributed by atoms with van der Waals surface area (Å²) >= 11 is 7.23. The van der Waals surface area contributed by atoms with E-state index in [1.807, 2.05) is 6.07 Å².